The van der Waals surface area contributed by atoms with Gasteiger partial charge in [0.15, 0.2) is 16.3 Å². The third-order valence-corrected chi connectivity index (χ3v) is 5.46. The first kappa shape index (κ1) is 19.0. The van der Waals surface area contributed by atoms with Crippen LogP contribution in [0, 0.1) is 0 Å². The highest BCUT2D eigenvalue weighted by molar-refractivity contribution is 8.00. The molecule has 1 aromatic carbocycles. The van der Waals surface area contributed by atoms with Gasteiger partial charge >= 0.3 is 5.69 Å². The minimum Gasteiger partial charge on any atom is -0.549 e. The molecular formula is C18H19N4O4S-. The van der Waals surface area contributed by atoms with Crippen molar-refractivity contribution in [1.82, 2.24) is 18.7 Å². The van der Waals surface area contributed by atoms with Crippen molar-refractivity contribution in [1.29, 1.82) is 0 Å². The van der Waals surface area contributed by atoms with Crippen LogP contribution in [0.2, 0.25) is 0 Å². The molecule has 0 saturated carbocycles. The number of benzene rings is 1. The molecule has 27 heavy (non-hydrogen) atoms. The minimum absolute atomic E-state index is 0.240. The summed E-state index contributed by atoms with van der Waals surface area (Å²) in [5.41, 5.74) is 0.656. The molecule has 1 atom stereocenters. The van der Waals surface area contributed by atoms with Crippen LogP contribution in [-0.4, -0.2) is 29.9 Å². The van der Waals surface area contributed by atoms with Crippen molar-refractivity contribution in [2.75, 3.05) is 0 Å². The second-order valence-electron chi connectivity index (χ2n) is 6.24. The second kappa shape index (κ2) is 7.43. The zero-order chi connectivity index (χ0) is 19.7. The number of hydrogen-bond acceptors (Lipinski definition) is 6. The molecule has 0 spiro atoms. The van der Waals surface area contributed by atoms with Gasteiger partial charge in [-0.1, -0.05) is 42.1 Å². The molecule has 0 saturated heterocycles. The normalized spacial score (nSPS) is 12.4. The van der Waals surface area contributed by atoms with Crippen LogP contribution in [0.5, 0.6) is 0 Å². The number of hydrogen-bond donors (Lipinski definition) is 0. The van der Waals surface area contributed by atoms with Gasteiger partial charge in [0.25, 0.3) is 5.56 Å². The topological polar surface area (TPSA) is 102 Å². The number of imidazole rings is 1. The van der Waals surface area contributed by atoms with Gasteiger partial charge in [0.1, 0.15) is 0 Å². The van der Waals surface area contributed by atoms with E-state index in [1.165, 1.54) is 25.6 Å². The van der Waals surface area contributed by atoms with Crippen LogP contribution >= 0.6 is 11.8 Å². The van der Waals surface area contributed by atoms with Crippen molar-refractivity contribution in [2.45, 2.75) is 30.3 Å². The quantitative estimate of drug-likeness (QED) is 0.548. The predicted octanol–water partition coefficient (Wildman–Crippen LogP) is -0.0931. The van der Waals surface area contributed by atoms with Crippen LogP contribution in [0.4, 0.5) is 0 Å². The van der Waals surface area contributed by atoms with E-state index < -0.39 is 22.5 Å². The molecular weight excluding hydrogens is 368 g/mol. The molecule has 142 valence electrons. The van der Waals surface area contributed by atoms with Crippen molar-refractivity contribution < 1.29 is 9.90 Å². The highest BCUT2D eigenvalue weighted by Gasteiger charge is 2.21. The molecule has 0 aliphatic carbocycles. The van der Waals surface area contributed by atoms with Gasteiger partial charge in [-0.15, -0.1) is 0 Å². The number of fused-ring (bicyclic) bond motifs is 1. The van der Waals surface area contributed by atoms with Crippen molar-refractivity contribution in [3.63, 3.8) is 0 Å². The van der Waals surface area contributed by atoms with Gasteiger partial charge in [0, 0.05) is 25.9 Å². The van der Waals surface area contributed by atoms with E-state index in [-0.39, 0.29) is 11.2 Å². The Bertz CT molecular complexity index is 1110. The lowest BCUT2D eigenvalue weighted by molar-refractivity contribution is -0.304. The van der Waals surface area contributed by atoms with E-state index in [0.29, 0.717) is 18.1 Å². The molecule has 0 bridgehead atoms. The van der Waals surface area contributed by atoms with Crippen LogP contribution in [-0.2, 0) is 31.9 Å². The number of aryl methyl sites for hydroxylation is 3. The number of rotatable bonds is 6. The molecule has 2 aromatic heterocycles. The largest absolute Gasteiger partial charge is 0.549 e. The Kier molecular flexibility index (Phi) is 5.22. The van der Waals surface area contributed by atoms with Crippen molar-refractivity contribution >= 4 is 28.9 Å². The summed E-state index contributed by atoms with van der Waals surface area (Å²) in [6, 6.07) is 9.73. The van der Waals surface area contributed by atoms with Crippen LogP contribution in [0.3, 0.4) is 0 Å². The monoisotopic (exact) mass is 387 g/mol. The highest BCUT2D eigenvalue weighted by Crippen LogP contribution is 2.25. The molecule has 3 rings (SSSR count). The fraction of sp³-hybridized carbons (Fsp3) is 0.333. The van der Waals surface area contributed by atoms with Crippen molar-refractivity contribution in [2.24, 2.45) is 14.1 Å². The number of carboxylic acids is 1. The zero-order valence-corrected chi connectivity index (χ0v) is 16.0. The molecule has 3 aromatic rings. The van der Waals surface area contributed by atoms with E-state index in [9.17, 15) is 19.5 Å². The Labute approximate surface area is 159 Å². The van der Waals surface area contributed by atoms with Gasteiger partial charge in [-0.25, -0.2) is 9.78 Å². The summed E-state index contributed by atoms with van der Waals surface area (Å²) in [6.45, 7) is 1.92. The maximum atomic E-state index is 12.7. The Morgan fingerprint density at radius 1 is 1.19 bits per heavy atom. The zero-order valence-electron chi connectivity index (χ0n) is 15.2. The summed E-state index contributed by atoms with van der Waals surface area (Å²) >= 11 is 0.995. The van der Waals surface area contributed by atoms with Crippen LogP contribution in [0.1, 0.15) is 12.5 Å². The number of thioether (sulfide) groups is 1. The molecule has 0 aliphatic heterocycles. The summed E-state index contributed by atoms with van der Waals surface area (Å²) in [6.07, 6.45) is 0.631. The maximum absolute atomic E-state index is 12.7. The molecule has 0 amide bonds. The lowest BCUT2D eigenvalue weighted by Crippen LogP contribution is -2.37. The van der Waals surface area contributed by atoms with Gasteiger partial charge in [0.2, 0.25) is 0 Å². The minimum atomic E-state index is -1.22. The summed E-state index contributed by atoms with van der Waals surface area (Å²) < 4.78 is 4.01. The fourth-order valence-corrected chi connectivity index (χ4v) is 3.68. The van der Waals surface area contributed by atoms with E-state index in [2.05, 4.69) is 4.98 Å². The summed E-state index contributed by atoms with van der Waals surface area (Å²) in [7, 11) is 2.95. The Morgan fingerprint density at radius 3 is 2.48 bits per heavy atom. The number of carbonyl (C=O) groups excluding carboxylic acids is 1. The lowest BCUT2D eigenvalue weighted by atomic mass is 10.1. The first-order valence-electron chi connectivity index (χ1n) is 8.39. The molecule has 9 heteroatoms. The average Bonchev–Trinajstić information content (AvgIpc) is 3.02. The number of aliphatic carboxylic acids is 1. The predicted molar refractivity (Wildman–Crippen MR) is 101 cm³/mol. The Balaban J connectivity index is 2.15. The third kappa shape index (κ3) is 3.55. The van der Waals surface area contributed by atoms with Gasteiger partial charge in [-0.2, -0.15) is 0 Å². The van der Waals surface area contributed by atoms with E-state index >= 15 is 0 Å². The van der Waals surface area contributed by atoms with E-state index in [1.807, 2.05) is 30.3 Å². The standard InChI is InChI=1S/C18H20N4O4S/c1-11(16(24)25)27-17-19-14-13(15(23)21(3)18(26)20(14)2)22(17)10-9-12-7-5-4-6-8-12/h4-8,11H,9-10H2,1-3H3,(H,24,25)/p-1/t11-/m1/s1. The Morgan fingerprint density at radius 2 is 1.85 bits per heavy atom. The molecule has 0 radical (unpaired) electrons. The van der Waals surface area contributed by atoms with Gasteiger partial charge in [-0.3, -0.25) is 13.9 Å². The molecule has 2 heterocycles. The molecule has 0 N–H and O–H groups in total. The number of carboxylic acid groups (broad SMARTS) is 1. The summed E-state index contributed by atoms with van der Waals surface area (Å²) in [5.74, 6) is -1.22. The van der Waals surface area contributed by atoms with Crippen molar-refractivity contribution in [3.05, 3.63) is 56.7 Å². The second-order valence-corrected chi connectivity index (χ2v) is 7.55. The highest BCUT2D eigenvalue weighted by atomic mass is 32.2. The van der Waals surface area contributed by atoms with Crippen LogP contribution in [0.15, 0.2) is 45.1 Å². The summed E-state index contributed by atoms with van der Waals surface area (Å²) in [4.78, 5) is 40.5. The van der Waals surface area contributed by atoms with Crippen LogP contribution in [0.25, 0.3) is 11.2 Å². The number of carbonyl (C=O) groups is 1. The summed E-state index contributed by atoms with van der Waals surface area (Å²) in [5, 5.41) is 10.7. The SMILES string of the molecule is C[C@@H](Sc1nc2c(c(=O)n(C)c(=O)n2C)n1CCc1ccccc1)C(=O)[O-]. The van der Waals surface area contributed by atoms with Crippen LogP contribution < -0.4 is 16.4 Å². The molecule has 0 fully saturated rings. The van der Waals surface area contributed by atoms with Gasteiger partial charge < -0.3 is 14.5 Å². The van der Waals surface area contributed by atoms with E-state index in [1.54, 1.807) is 4.57 Å². The Hall–Kier alpha value is -2.81. The lowest BCUT2D eigenvalue weighted by Gasteiger charge is -2.13. The number of aromatic nitrogens is 4. The fourth-order valence-electron chi connectivity index (χ4n) is 2.82. The van der Waals surface area contributed by atoms with E-state index in [4.69, 9.17) is 0 Å². The van der Waals surface area contributed by atoms with Crippen molar-refractivity contribution in [3.8, 4) is 0 Å². The molecule has 0 aliphatic rings. The first-order valence-corrected chi connectivity index (χ1v) is 9.27. The molecule has 0 unspecified atom stereocenters. The molecule has 8 nitrogen and oxygen atoms in total. The average molecular weight is 387 g/mol. The number of nitrogens with zero attached hydrogens (tertiary/aromatic N) is 4. The van der Waals surface area contributed by atoms with Gasteiger partial charge in [-0.05, 0) is 18.9 Å². The maximum Gasteiger partial charge on any atom is 0.332 e. The smallest absolute Gasteiger partial charge is 0.332 e. The first-order chi connectivity index (χ1) is 12.8. The van der Waals surface area contributed by atoms with Gasteiger partial charge in [0.05, 0.1) is 5.97 Å². The van der Waals surface area contributed by atoms with E-state index in [0.717, 1.165) is 21.9 Å². The third-order valence-electron chi connectivity index (χ3n) is 4.39.